The number of hydrogen-bond donors (Lipinski definition) is 2. The summed E-state index contributed by atoms with van der Waals surface area (Å²) in [6.07, 6.45) is 0.730. The maximum atomic E-state index is 10.8. The zero-order chi connectivity index (χ0) is 14.1. The second-order valence-electron chi connectivity index (χ2n) is 5.03. The first-order valence-electron chi connectivity index (χ1n) is 6.49. The Morgan fingerprint density at radius 2 is 1.60 bits per heavy atom. The van der Waals surface area contributed by atoms with Crippen molar-refractivity contribution in [3.63, 3.8) is 0 Å². The average Bonchev–Trinajstić information content (AvgIpc) is 3.23. The summed E-state index contributed by atoms with van der Waals surface area (Å²) in [5.74, 6) is 0.668. The molecule has 4 heteroatoms. The molecule has 4 nitrogen and oxygen atoms in total. The highest BCUT2D eigenvalue weighted by atomic mass is 16.5. The molecule has 1 fully saturated rings. The van der Waals surface area contributed by atoms with Gasteiger partial charge in [-0.1, -0.05) is 12.1 Å². The molecular weight excluding hydrogens is 254 g/mol. The molecule has 0 bridgehead atoms. The fourth-order valence-electron chi connectivity index (χ4n) is 2.29. The highest BCUT2D eigenvalue weighted by Gasteiger charge is 2.43. The van der Waals surface area contributed by atoms with Crippen molar-refractivity contribution in [1.82, 2.24) is 0 Å². The summed E-state index contributed by atoms with van der Waals surface area (Å²) in [5.41, 5.74) is 7.37. The first-order valence-corrected chi connectivity index (χ1v) is 6.49. The van der Waals surface area contributed by atoms with Crippen molar-refractivity contribution in [3.05, 3.63) is 54.1 Å². The number of ether oxygens (including phenoxy) is 1. The second-order valence-corrected chi connectivity index (χ2v) is 5.03. The Morgan fingerprint density at radius 1 is 1.05 bits per heavy atom. The smallest absolute Gasteiger partial charge is 0.307 e. The van der Waals surface area contributed by atoms with Gasteiger partial charge in [0.2, 0.25) is 0 Å². The Balaban J connectivity index is 1.68. The predicted octanol–water partition coefficient (Wildman–Crippen LogP) is 3.25. The van der Waals surface area contributed by atoms with E-state index in [1.54, 1.807) is 12.1 Å². The molecule has 3 N–H and O–H groups in total. The molecule has 2 atom stereocenters. The average molecular weight is 269 g/mol. The number of benzene rings is 2. The summed E-state index contributed by atoms with van der Waals surface area (Å²) in [6, 6.07) is 14.8. The summed E-state index contributed by atoms with van der Waals surface area (Å²) in [7, 11) is 0. The van der Waals surface area contributed by atoms with E-state index >= 15 is 0 Å². The van der Waals surface area contributed by atoms with Crippen LogP contribution in [0, 0.1) is 5.92 Å². The molecule has 20 heavy (non-hydrogen) atoms. The van der Waals surface area contributed by atoms with Crippen molar-refractivity contribution in [3.8, 4) is 11.5 Å². The van der Waals surface area contributed by atoms with Crippen LogP contribution in [0.4, 0.5) is 5.69 Å². The van der Waals surface area contributed by atoms with Gasteiger partial charge < -0.3 is 15.6 Å². The van der Waals surface area contributed by atoms with Crippen LogP contribution in [0.2, 0.25) is 0 Å². The van der Waals surface area contributed by atoms with Gasteiger partial charge in [-0.2, -0.15) is 0 Å². The molecule has 0 aliphatic heterocycles. The third-order valence-electron chi connectivity index (χ3n) is 3.53. The Kier molecular flexibility index (Phi) is 3.06. The van der Waals surface area contributed by atoms with Gasteiger partial charge in [0.05, 0.1) is 5.92 Å². The maximum absolute atomic E-state index is 10.8. The largest absolute Gasteiger partial charge is 0.481 e. The molecule has 1 aliphatic rings. The molecule has 2 unspecified atom stereocenters. The van der Waals surface area contributed by atoms with Gasteiger partial charge in [-0.05, 0) is 54.3 Å². The third kappa shape index (κ3) is 2.59. The van der Waals surface area contributed by atoms with E-state index in [1.165, 1.54) is 0 Å². The number of carboxylic acid groups (broad SMARTS) is 1. The van der Waals surface area contributed by atoms with Crippen molar-refractivity contribution in [2.75, 3.05) is 5.73 Å². The van der Waals surface area contributed by atoms with Gasteiger partial charge in [0, 0.05) is 5.69 Å². The number of hydrogen-bond acceptors (Lipinski definition) is 3. The van der Waals surface area contributed by atoms with Crippen LogP contribution >= 0.6 is 0 Å². The molecule has 2 aromatic rings. The fraction of sp³-hybridized carbons (Fsp3) is 0.188. The number of rotatable bonds is 4. The van der Waals surface area contributed by atoms with Gasteiger partial charge in [-0.3, -0.25) is 4.79 Å². The minimum absolute atomic E-state index is 0.151. The third-order valence-corrected chi connectivity index (χ3v) is 3.53. The fourth-order valence-corrected chi connectivity index (χ4v) is 2.29. The first-order chi connectivity index (χ1) is 9.63. The highest BCUT2D eigenvalue weighted by Crippen LogP contribution is 2.47. The topological polar surface area (TPSA) is 72.5 Å². The minimum atomic E-state index is -0.711. The SMILES string of the molecule is Nc1ccc(Oc2ccc(C3CC3C(=O)O)cc2)cc1. The standard InChI is InChI=1S/C16H15NO3/c17-11-3-7-13(8-4-11)20-12-5-1-10(2-6-12)14-9-15(14)16(18)19/h1-8,14-15H,9,17H2,(H,18,19). The lowest BCUT2D eigenvalue weighted by Crippen LogP contribution is -1.98. The molecule has 1 saturated carbocycles. The van der Waals surface area contributed by atoms with Gasteiger partial charge >= 0.3 is 5.97 Å². The molecule has 0 radical (unpaired) electrons. The van der Waals surface area contributed by atoms with Gasteiger partial charge in [0.1, 0.15) is 11.5 Å². The molecule has 102 valence electrons. The number of aliphatic carboxylic acids is 1. The van der Waals surface area contributed by atoms with Gasteiger partial charge in [0.15, 0.2) is 0 Å². The second kappa shape index (κ2) is 4.89. The number of anilines is 1. The molecule has 0 spiro atoms. The number of nitrogen functional groups attached to an aromatic ring is 1. The molecule has 0 heterocycles. The van der Waals surface area contributed by atoms with E-state index in [0.29, 0.717) is 5.69 Å². The zero-order valence-electron chi connectivity index (χ0n) is 10.8. The molecule has 0 saturated heterocycles. The summed E-state index contributed by atoms with van der Waals surface area (Å²) in [4.78, 5) is 10.8. The Morgan fingerprint density at radius 3 is 2.10 bits per heavy atom. The van der Waals surface area contributed by atoms with E-state index in [1.807, 2.05) is 36.4 Å². The van der Waals surface area contributed by atoms with Gasteiger partial charge in [-0.15, -0.1) is 0 Å². The zero-order valence-corrected chi connectivity index (χ0v) is 10.8. The number of carboxylic acids is 1. The number of nitrogens with two attached hydrogens (primary N) is 1. The van der Waals surface area contributed by atoms with E-state index in [9.17, 15) is 4.79 Å². The summed E-state index contributed by atoms with van der Waals surface area (Å²) < 4.78 is 5.69. The number of carbonyl (C=O) groups is 1. The lowest BCUT2D eigenvalue weighted by Gasteiger charge is -2.07. The maximum Gasteiger partial charge on any atom is 0.307 e. The van der Waals surface area contributed by atoms with Crippen molar-refractivity contribution in [2.24, 2.45) is 5.92 Å². The van der Waals surface area contributed by atoms with Crippen molar-refractivity contribution in [1.29, 1.82) is 0 Å². The van der Waals surface area contributed by atoms with E-state index in [2.05, 4.69) is 0 Å². The Labute approximate surface area is 116 Å². The molecular formula is C16H15NO3. The highest BCUT2D eigenvalue weighted by molar-refractivity contribution is 5.75. The van der Waals surface area contributed by atoms with E-state index in [4.69, 9.17) is 15.6 Å². The predicted molar refractivity (Wildman–Crippen MR) is 75.9 cm³/mol. The van der Waals surface area contributed by atoms with Crippen LogP contribution in [-0.2, 0) is 4.79 Å². The summed E-state index contributed by atoms with van der Waals surface area (Å²) >= 11 is 0. The normalized spacial score (nSPS) is 20.4. The van der Waals surface area contributed by atoms with Crippen LogP contribution in [-0.4, -0.2) is 11.1 Å². The lowest BCUT2D eigenvalue weighted by atomic mass is 10.1. The molecule has 3 rings (SSSR count). The molecule has 1 aliphatic carbocycles. The molecule has 0 amide bonds. The quantitative estimate of drug-likeness (QED) is 0.836. The monoisotopic (exact) mass is 269 g/mol. The van der Waals surface area contributed by atoms with E-state index < -0.39 is 5.97 Å². The molecule has 2 aromatic carbocycles. The summed E-state index contributed by atoms with van der Waals surface area (Å²) in [5, 5.41) is 8.92. The van der Waals surface area contributed by atoms with Crippen molar-refractivity contribution in [2.45, 2.75) is 12.3 Å². The van der Waals surface area contributed by atoms with Crippen LogP contribution in [0.1, 0.15) is 17.9 Å². The summed E-state index contributed by atoms with van der Waals surface area (Å²) in [6.45, 7) is 0. The minimum Gasteiger partial charge on any atom is -0.481 e. The van der Waals surface area contributed by atoms with Crippen LogP contribution in [0.5, 0.6) is 11.5 Å². The Hall–Kier alpha value is -2.49. The van der Waals surface area contributed by atoms with Crippen LogP contribution in [0.15, 0.2) is 48.5 Å². The van der Waals surface area contributed by atoms with Crippen LogP contribution < -0.4 is 10.5 Å². The first kappa shape index (κ1) is 12.5. The van der Waals surface area contributed by atoms with E-state index in [0.717, 1.165) is 23.5 Å². The lowest BCUT2D eigenvalue weighted by molar-refractivity contribution is -0.138. The van der Waals surface area contributed by atoms with Crippen molar-refractivity contribution < 1.29 is 14.6 Å². The van der Waals surface area contributed by atoms with E-state index in [-0.39, 0.29) is 11.8 Å². The van der Waals surface area contributed by atoms with Crippen LogP contribution in [0.25, 0.3) is 0 Å². The van der Waals surface area contributed by atoms with Crippen molar-refractivity contribution >= 4 is 11.7 Å². The van der Waals surface area contributed by atoms with Crippen LogP contribution in [0.3, 0.4) is 0 Å². The van der Waals surface area contributed by atoms with Gasteiger partial charge in [0.25, 0.3) is 0 Å². The van der Waals surface area contributed by atoms with Gasteiger partial charge in [-0.25, -0.2) is 0 Å². The Bertz CT molecular complexity index is 619. The molecule has 0 aromatic heterocycles.